The number of sulfone groups is 1. The molecule has 1 amide bonds. The van der Waals surface area contributed by atoms with Gasteiger partial charge in [-0.15, -0.1) is 0 Å². The van der Waals surface area contributed by atoms with Crippen LogP contribution in [0.4, 0.5) is 0 Å². The van der Waals surface area contributed by atoms with Crippen LogP contribution in [-0.2, 0) is 14.6 Å². The van der Waals surface area contributed by atoms with Gasteiger partial charge in [0.15, 0.2) is 15.6 Å². The van der Waals surface area contributed by atoms with Gasteiger partial charge in [-0.1, -0.05) is 6.92 Å². The molecular formula is C20H31N3O4S. The van der Waals surface area contributed by atoms with Crippen LogP contribution in [-0.4, -0.2) is 78.7 Å². The Morgan fingerprint density at radius 2 is 1.89 bits per heavy atom. The maximum atomic E-state index is 13.0. The zero-order chi connectivity index (χ0) is 20.5. The molecule has 1 unspecified atom stereocenters. The maximum Gasteiger partial charge on any atom is 0.222 e. The summed E-state index contributed by atoms with van der Waals surface area (Å²) >= 11 is 0. The van der Waals surface area contributed by atoms with Crippen molar-refractivity contribution in [1.82, 2.24) is 14.4 Å². The van der Waals surface area contributed by atoms with Crippen LogP contribution in [0.1, 0.15) is 54.0 Å². The summed E-state index contributed by atoms with van der Waals surface area (Å²) in [6.45, 7) is 8.99. The summed E-state index contributed by atoms with van der Waals surface area (Å²) in [5, 5.41) is 0. The van der Waals surface area contributed by atoms with Crippen molar-refractivity contribution < 1.29 is 18.0 Å². The molecule has 7 nitrogen and oxygen atoms in total. The Hall–Kier alpha value is -1.67. The van der Waals surface area contributed by atoms with Gasteiger partial charge in [-0.3, -0.25) is 14.5 Å². The summed E-state index contributed by atoms with van der Waals surface area (Å²) in [7, 11) is -2.98. The second-order valence-corrected chi connectivity index (χ2v) is 10.2. The van der Waals surface area contributed by atoms with E-state index in [0.717, 1.165) is 30.9 Å². The second-order valence-electron chi connectivity index (χ2n) is 8.00. The molecule has 2 aliphatic heterocycles. The van der Waals surface area contributed by atoms with E-state index >= 15 is 0 Å². The summed E-state index contributed by atoms with van der Waals surface area (Å²) in [5.41, 5.74) is 2.49. The predicted molar refractivity (Wildman–Crippen MR) is 108 cm³/mol. The van der Waals surface area contributed by atoms with Crippen LogP contribution in [0.15, 0.2) is 6.07 Å². The summed E-state index contributed by atoms with van der Waals surface area (Å²) in [5.74, 6) is 0.613. The highest BCUT2D eigenvalue weighted by Gasteiger charge is 2.32. The van der Waals surface area contributed by atoms with Crippen molar-refractivity contribution in [2.24, 2.45) is 0 Å². The molecule has 156 valence electrons. The molecular weight excluding hydrogens is 378 g/mol. The standard InChI is InChI=1S/C20H31N3O4S/c1-4-20(25)22-8-5-7-21(9-10-22)13-19(24)18-12-15(2)23(16(18)3)17-6-11-28(26,27)14-17/h12,17H,4-11,13-14H2,1-3H3. The molecule has 0 spiro atoms. The monoisotopic (exact) mass is 409 g/mol. The van der Waals surface area contributed by atoms with Gasteiger partial charge in [-0.25, -0.2) is 8.42 Å². The van der Waals surface area contributed by atoms with E-state index < -0.39 is 9.84 Å². The quantitative estimate of drug-likeness (QED) is 0.690. The van der Waals surface area contributed by atoms with Gasteiger partial charge in [0.05, 0.1) is 18.1 Å². The van der Waals surface area contributed by atoms with E-state index in [-0.39, 0.29) is 29.2 Å². The first-order chi connectivity index (χ1) is 13.2. The predicted octanol–water partition coefficient (Wildman–Crippen LogP) is 1.59. The van der Waals surface area contributed by atoms with Gasteiger partial charge < -0.3 is 9.47 Å². The molecule has 0 aliphatic carbocycles. The molecule has 28 heavy (non-hydrogen) atoms. The Morgan fingerprint density at radius 3 is 2.54 bits per heavy atom. The molecule has 2 aliphatic rings. The van der Waals surface area contributed by atoms with E-state index in [9.17, 15) is 18.0 Å². The van der Waals surface area contributed by atoms with E-state index in [1.807, 2.05) is 36.3 Å². The van der Waals surface area contributed by atoms with Crippen molar-refractivity contribution >= 4 is 21.5 Å². The molecule has 2 fully saturated rings. The highest BCUT2D eigenvalue weighted by atomic mass is 32.2. The third kappa shape index (κ3) is 4.49. The zero-order valence-corrected chi connectivity index (χ0v) is 17.9. The van der Waals surface area contributed by atoms with Crippen LogP contribution in [0.3, 0.4) is 0 Å². The molecule has 3 heterocycles. The smallest absolute Gasteiger partial charge is 0.222 e. The van der Waals surface area contributed by atoms with Crippen LogP contribution in [0.2, 0.25) is 0 Å². The lowest BCUT2D eigenvalue weighted by Gasteiger charge is -2.21. The molecule has 2 saturated heterocycles. The van der Waals surface area contributed by atoms with E-state index in [2.05, 4.69) is 4.90 Å². The van der Waals surface area contributed by atoms with Crippen molar-refractivity contribution in [3.63, 3.8) is 0 Å². The fraction of sp³-hybridized carbons (Fsp3) is 0.700. The lowest BCUT2D eigenvalue weighted by molar-refractivity contribution is -0.130. The van der Waals surface area contributed by atoms with Crippen LogP contribution >= 0.6 is 0 Å². The normalized spacial score (nSPS) is 23.0. The number of Topliss-reactive ketones (excluding diaryl/α,β-unsaturated/α-hetero) is 1. The number of hydrogen-bond donors (Lipinski definition) is 0. The molecule has 0 saturated carbocycles. The fourth-order valence-electron chi connectivity index (χ4n) is 4.49. The number of amides is 1. The van der Waals surface area contributed by atoms with Gasteiger partial charge in [-0.05, 0) is 32.8 Å². The van der Waals surface area contributed by atoms with Crippen molar-refractivity contribution in [1.29, 1.82) is 0 Å². The van der Waals surface area contributed by atoms with Gasteiger partial charge in [-0.2, -0.15) is 0 Å². The number of carbonyl (C=O) groups excluding carboxylic acids is 2. The van der Waals surface area contributed by atoms with Crippen molar-refractivity contribution in [3.8, 4) is 0 Å². The molecule has 3 rings (SSSR count). The Labute approximate surface area is 167 Å². The third-order valence-corrected chi connectivity index (χ3v) is 7.72. The Kier molecular flexibility index (Phi) is 6.29. The van der Waals surface area contributed by atoms with Crippen LogP contribution < -0.4 is 0 Å². The van der Waals surface area contributed by atoms with E-state index in [1.54, 1.807) is 0 Å². The Bertz CT molecular complexity index is 859. The van der Waals surface area contributed by atoms with Gasteiger partial charge in [0.1, 0.15) is 0 Å². The number of hydrogen-bond acceptors (Lipinski definition) is 5. The summed E-state index contributed by atoms with van der Waals surface area (Å²) in [6.07, 6.45) is 2.00. The average Bonchev–Trinajstić information content (AvgIpc) is 3.03. The van der Waals surface area contributed by atoms with E-state index in [1.165, 1.54) is 0 Å². The second kappa shape index (κ2) is 8.37. The third-order valence-electron chi connectivity index (χ3n) is 5.97. The number of nitrogens with zero attached hydrogens (tertiary/aromatic N) is 3. The minimum absolute atomic E-state index is 0.0653. The first-order valence-electron chi connectivity index (χ1n) is 10.1. The number of aryl methyl sites for hydroxylation is 1. The molecule has 1 aromatic heterocycles. The lowest BCUT2D eigenvalue weighted by Crippen LogP contribution is -2.36. The van der Waals surface area contributed by atoms with Crippen molar-refractivity contribution in [2.45, 2.75) is 46.1 Å². The molecule has 0 bridgehead atoms. The molecule has 0 N–H and O–H groups in total. The minimum atomic E-state index is -2.98. The maximum absolute atomic E-state index is 13.0. The molecule has 0 radical (unpaired) electrons. The zero-order valence-electron chi connectivity index (χ0n) is 17.1. The molecule has 1 atom stereocenters. The number of rotatable bonds is 5. The highest BCUT2D eigenvalue weighted by Crippen LogP contribution is 2.29. The Morgan fingerprint density at radius 1 is 1.14 bits per heavy atom. The molecule has 0 aromatic carbocycles. The van der Waals surface area contributed by atoms with Gasteiger partial charge in [0.25, 0.3) is 0 Å². The van der Waals surface area contributed by atoms with Gasteiger partial charge >= 0.3 is 0 Å². The summed E-state index contributed by atoms with van der Waals surface area (Å²) in [6, 6.07) is 1.83. The SMILES string of the molecule is CCC(=O)N1CCCN(CC(=O)c2cc(C)n(C3CCS(=O)(=O)C3)c2C)CC1. The number of carbonyl (C=O) groups is 2. The van der Waals surface area contributed by atoms with Crippen LogP contribution in [0, 0.1) is 13.8 Å². The topological polar surface area (TPSA) is 79.7 Å². The lowest BCUT2D eigenvalue weighted by atomic mass is 10.1. The first-order valence-corrected chi connectivity index (χ1v) is 12.0. The average molecular weight is 410 g/mol. The van der Waals surface area contributed by atoms with Crippen molar-refractivity contribution in [3.05, 3.63) is 23.0 Å². The summed E-state index contributed by atoms with van der Waals surface area (Å²) in [4.78, 5) is 28.9. The van der Waals surface area contributed by atoms with Crippen molar-refractivity contribution in [2.75, 3.05) is 44.2 Å². The highest BCUT2D eigenvalue weighted by molar-refractivity contribution is 7.91. The number of ketones is 1. The van der Waals surface area contributed by atoms with Crippen LogP contribution in [0.5, 0.6) is 0 Å². The molecule has 8 heteroatoms. The minimum Gasteiger partial charge on any atom is -0.344 e. The fourth-order valence-corrected chi connectivity index (χ4v) is 6.19. The van der Waals surface area contributed by atoms with Gasteiger partial charge in [0.2, 0.25) is 5.91 Å². The van der Waals surface area contributed by atoms with Gasteiger partial charge in [0, 0.05) is 55.6 Å². The van der Waals surface area contributed by atoms with E-state index in [4.69, 9.17) is 0 Å². The summed E-state index contributed by atoms with van der Waals surface area (Å²) < 4.78 is 25.7. The number of aromatic nitrogens is 1. The van der Waals surface area contributed by atoms with E-state index in [0.29, 0.717) is 38.0 Å². The van der Waals surface area contributed by atoms with Crippen LogP contribution in [0.25, 0.3) is 0 Å². The Balaban J connectivity index is 1.68. The first kappa shape index (κ1) is 21.0. The molecule has 1 aromatic rings. The largest absolute Gasteiger partial charge is 0.344 e.